The molecule has 3 fully saturated rings. The number of fused-ring (bicyclic) bond motifs is 6. The Bertz CT molecular complexity index is 2290. The molecule has 1 saturated carbocycles. The van der Waals surface area contributed by atoms with E-state index in [9.17, 15) is 24.6 Å². The van der Waals surface area contributed by atoms with Crippen molar-refractivity contribution < 1.29 is 48.3 Å². The summed E-state index contributed by atoms with van der Waals surface area (Å²) in [5.74, 6) is -2.32. The van der Waals surface area contributed by atoms with Gasteiger partial charge in [0.15, 0.2) is 6.10 Å². The Kier molecular flexibility index (Phi) is 9.77. The molecule has 5 aliphatic heterocycles. The van der Waals surface area contributed by atoms with Crippen molar-refractivity contribution in [2.75, 3.05) is 59.0 Å². The van der Waals surface area contributed by atoms with Crippen LogP contribution in [0.5, 0.6) is 5.75 Å². The second-order valence-corrected chi connectivity index (χ2v) is 17.9. The standard InChI is InChI=1S/C46H56N4O10/c1-7-27-23-48-18-14-30-29-12-9-10-13-33(29)47-37(30)45(41(54)58-5,22-28(24-48)36(27)53)32-20-31-34(21-35(32)57-4)50(25-51)39-44(31)16-19-49-17-11-15-43(8-2,38(44)49)40(60-26(3)52)46(39,56)42(55)59-6/h9-13,15,20-21,25,27-28,36,38-40,47,53,56H,7-8,14,16-19,22-24H2,1-6H3/t27?,28-,36-,38-,39+,40+,43+,44+,45-,46-/m0/s1. The number of ether oxygens (including phenoxy) is 4. The monoisotopic (exact) mass is 824 g/mol. The summed E-state index contributed by atoms with van der Waals surface area (Å²) in [6, 6.07) is 9.92. The van der Waals surface area contributed by atoms with Crippen LogP contribution >= 0.6 is 0 Å². The lowest BCUT2D eigenvalue weighted by Crippen LogP contribution is -2.81. The molecule has 14 nitrogen and oxygen atoms in total. The molecular formula is C46H56N4O10. The normalized spacial score (nSPS) is 36.5. The van der Waals surface area contributed by atoms with Gasteiger partial charge in [-0.2, -0.15) is 0 Å². The van der Waals surface area contributed by atoms with Gasteiger partial charge in [-0.1, -0.05) is 44.2 Å². The van der Waals surface area contributed by atoms with Gasteiger partial charge in [0.25, 0.3) is 0 Å². The summed E-state index contributed by atoms with van der Waals surface area (Å²) in [6.45, 7) is 8.42. The van der Waals surface area contributed by atoms with Crippen molar-refractivity contribution in [3.8, 4) is 5.75 Å². The van der Waals surface area contributed by atoms with Crippen LogP contribution in [0.2, 0.25) is 0 Å². The number of aliphatic hydroxyl groups is 2. The lowest BCUT2D eigenvalue weighted by molar-refractivity contribution is -0.228. The van der Waals surface area contributed by atoms with Crippen molar-refractivity contribution in [2.24, 2.45) is 17.3 Å². The van der Waals surface area contributed by atoms with Crippen LogP contribution in [0, 0.1) is 17.3 Å². The van der Waals surface area contributed by atoms with Gasteiger partial charge in [0, 0.05) is 78.2 Å². The van der Waals surface area contributed by atoms with E-state index in [1.165, 1.54) is 33.2 Å². The Morgan fingerprint density at radius 1 is 1.00 bits per heavy atom. The van der Waals surface area contributed by atoms with Crippen LogP contribution in [0.3, 0.4) is 0 Å². The summed E-state index contributed by atoms with van der Waals surface area (Å²) in [6.07, 6.45) is 4.80. The number of aliphatic hydroxyl groups excluding tert-OH is 1. The maximum atomic E-state index is 15.3. The molecular weight excluding hydrogens is 769 g/mol. The maximum Gasteiger partial charge on any atom is 0.344 e. The number of anilines is 1. The zero-order chi connectivity index (χ0) is 42.5. The van der Waals surface area contributed by atoms with Gasteiger partial charge in [-0.3, -0.25) is 19.3 Å². The fourth-order valence-electron chi connectivity index (χ4n) is 13.3. The second kappa shape index (κ2) is 14.4. The van der Waals surface area contributed by atoms with Crippen molar-refractivity contribution >= 4 is 40.9 Å². The van der Waals surface area contributed by atoms with E-state index in [4.69, 9.17) is 18.9 Å². The number of methoxy groups -OCH3 is 3. The number of carbonyl (C=O) groups is 4. The fourth-order valence-corrected chi connectivity index (χ4v) is 13.3. The Morgan fingerprint density at radius 2 is 1.77 bits per heavy atom. The van der Waals surface area contributed by atoms with Gasteiger partial charge in [0.2, 0.25) is 12.0 Å². The highest BCUT2D eigenvalue weighted by Crippen LogP contribution is 2.68. The number of benzene rings is 2. The van der Waals surface area contributed by atoms with Crippen LogP contribution in [-0.2, 0) is 50.6 Å². The van der Waals surface area contributed by atoms with Gasteiger partial charge in [-0.25, -0.2) is 4.79 Å². The number of esters is 3. The Hall–Kier alpha value is -4.76. The van der Waals surface area contributed by atoms with Gasteiger partial charge >= 0.3 is 17.9 Å². The van der Waals surface area contributed by atoms with Crippen molar-refractivity contribution in [1.29, 1.82) is 0 Å². The molecule has 3 N–H and O–H groups in total. The molecule has 6 heterocycles. The van der Waals surface area contributed by atoms with Crippen LogP contribution in [-0.4, -0.2) is 133 Å². The van der Waals surface area contributed by atoms with Gasteiger partial charge in [-0.05, 0) is 73.7 Å². The molecule has 1 aliphatic carbocycles. The molecule has 1 amide bonds. The highest BCUT2D eigenvalue weighted by atomic mass is 16.6. The van der Waals surface area contributed by atoms with E-state index in [1.54, 1.807) is 6.07 Å². The zero-order valence-electron chi connectivity index (χ0n) is 35.2. The topological polar surface area (TPSA) is 171 Å². The number of nitrogens with zero attached hydrogens (tertiary/aromatic N) is 3. The number of rotatable bonds is 8. The first-order valence-electron chi connectivity index (χ1n) is 21.3. The minimum Gasteiger partial charge on any atom is -0.496 e. The molecule has 0 radical (unpaired) electrons. The Labute approximate surface area is 349 Å². The van der Waals surface area contributed by atoms with E-state index < -0.39 is 64.0 Å². The summed E-state index contributed by atoms with van der Waals surface area (Å²) in [5.41, 5.74) is -2.34. The number of aromatic nitrogens is 1. The van der Waals surface area contributed by atoms with Gasteiger partial charge < -0.3 is 43.9 Å². The van der Waals surface area contributed by atoms with Crippen LogP contribution in [0.15, 0.2) is 48.6 Å². The van der Waals surface area contributed by atoms with E-state index in [2.05, 4.69) is 27.8 Å². The third kappa shape index (κ3) is 5.13. The predicted molar refractivity (Wildman–Crippen MR) is 220 cm³/mol. The van der Waals surface area contributed by atoms with E-state index in [0.29, 0.717) is 67.8 Å². The van der Waals surface area contributed by atoms with E-state index in [-0.39, 0.29) is 24.0 Å². The number of amides is 1. The van der Waals surface area contributed by atoms with Crippen LogP contribution in [0.4, 0.5) is 5.69 Å². The average Bonchev–Trinajstić information content (AvgIpc) is 3.93. The number of nitrogens with one attached hydrogen (secondary N) is 1. The van der Waals surface area contributed by atoms with E-state index >= 15 is 4.79 Å². The van der Waals surface area contributed by atoms with E-state index in [1.807, 2.05) is 43.3 Å². The number of para-hydroxylation sites is 1. The molecule has 1 spiro atoms. The smallest absolute Gasteiger partial charge is 0.344 e. The molecule has 6 aliphatic rings. The summed E-state index contributed by atoms with van der Waals surface area (Å²) in [7, 11) is 4.07. The number of aromatic amines is 1. The number of hydrogen-bond donors (Lipinski definition) is 3. The number of carbonyl (C=O) groups excluding carboxylic acids is 4. The minimum absolute atomic E-state index is 0.00982. The van der Waals surface area contributed by atoms with E-state index in [0.717, 1.165) is 36.0 Å². The van der Waals surface area contributed by atoms with Gasteiger partial charge in [-0.15, -0.1) is 0 Å². The van der Waals surface area contributed by atoms with Crippen LogP contribution in [0.1, 0.15) is 68.8 Å². The summed E-state index contributed by atoms with van der Waals surface area (Å²) >= 11 is 0. The molecule has 2 bridgehead atoms. The molecule has 3 aromatic rings. The Morgan fingerprint density at radius 3 is 2.45 bits per heavy atom. The second-order valence-electron chi connectivity index (χ2n) is 17.9. The first-order valence-corrected chi connectivity index (χ1v) is 21.3. The summed E-state index contributed by atoms with van der Waals surface area (Å²) < 4.78 is 23.7. The molecule has 2 unspecified atom stereocenters. The first-order chi connectivity index (χ1) is 28.9. The molecule has 1 aromatic heterocycles. The lowest BCUT2D eigenvalue weighted by atomic mass is 9.47. The summed E-state index contributed by atoms with van der Waals surface area (Å²) in [4.78, 5) is 66.2. The van der Waals surface area contributed by atoms with Gasteiger partial charge in [0.1, 0.15) is 11.2 Å². The maximum absolute atomic E-state index is 15.3. The molecule has 320 valence electrons. The molecule has 9 rings (SSSR count). The minimum atomic E-state index is -2.54. The van der Waals surface area contributed by atoms with Crippen LogP contribution < -0.4 is 9.64 Å². The number of H-pyrrole nitrogens is 1. The Balaban J connectivity index is 1.38. The fraction of sp³-hybridized carbons (Fsp3) is 0.565. The number of hydrogen-bond acceptors (Lipinski definition) is 12. The molecule has 2 aromatic carbocycles. The molecule has 2 saturated heterocycles. The third-order valence-corrected chi connectivity index (χ3v) is 15.6. The van der Waals surface area contributed by atoms with Crippen molar-refractivity contribution in [3.05, 3.63) is 70.9 Å². The SMILES string of the molecule is CCC1CN2CCc3c([nH]c4ccccc34)[C@@](C(=O)OC)(c3cc4c(cc3OC)N(C=O)[C@H]3[C@@](O)(C(=O)OC)[C@H](OC(C)=O)[C@]5(CC)C=CCN6CC[C@]43[C@@H]65)C[C@@H](C2)[C@H]1O. The molecule has 60 heavy (non-hydrogen) atoms. The first kappa shape index (κ1) is 40.6. The molecule has 11 atom stereocenters. The highest BCUT2D eigenvalue weighted by molar-refractivity contribution is 5.96. The summed E-state index contributed by atoms with van der Waals surface area (Å²) in [5, 5.41) is 26.4. The number of piperidine rings is 1. The lowest BCUT2D eigenvalue weighted by Gasteiger charge is -2.63. The van der Waals surface area contributed by atoms with Crippen molar-refractivity contribution in [1.82, 2.24) is 14.8 Å². The largest absolute Gasteiger partial charge is 0.496 e. The zero-order valence-corrected chi connectivity index (χ0v) is 35.2. The van der Waals surface area contributed by atoms with Gasteiger partial charge in [0.05, 0.1) is 39.2 Å². The third-order valence-electron chi connectivity index (χ3n) is 15.6. The highest BCUT2D eigenvalue weighted by Gasteiger charge is 2.81. The van der Waals surface area contributed by atoms with Crippen molar-refractivity contribution in [2.45, 2.75) is 93.6 Å². The van der Waals surface area contributed by atoms with Crippen LogP contribution in [0.25, 0.3) is 10.9 Å². The van der Waals surface area contributed by atoms with Crippen molar-refractivity contribution in [3.63, 3.8) is 0 Å². The quantitative estimate of drug-likeness (QED) is 0.131. The average molecular weight is 825 g/mol. The molecule has 14 heteroatoms. The predicted octanol–water partition coefficient (Wildman–Crippen LogP) is 3.37.